The average Bonchev–Trinajstić information content (AvgIpc) is 2.39. The first-order valence-electron chi connectivity index (χ1n) is 7.08. The van der Waals surface area contributed by atoms with Gasteiger partial charge in [-0.3, -0.25) is 5.32 Å². The van der Waals surface area contributed by atoms with Gasteiger partial charge in [-0.05, 0) is 38.5 Å². The summed E-state index contributed by atoms with van der Waals surface area (Å²) in [6, 6.07) is 0. The molecule has 0 aromatic heterocycles. The van der Waals surface area contributed by atoms with Crippen LogP contribution >= 0.6 is 0 Å². The van der Waals surface area contributed by atoms with Crippen LogP contribution < -0.4 is 5.32 Å². The zero-order chi connectivity index (χ0) is 14.3. The molecule has 0 saturated heterocycles. The van der Waals surface area contributed by atoms with Crippen LogP contribution in [0.15, 0.2) is 12.2 Å². The van der Waals surface area contributed by atoms with Crippen LogP contribution in [0.1, 0.15) is 33.6 Å². The summed E-state index contributed by atoms with van der Waals surface area (Å²) >= 11 is 0. The van der Waals surface area contributed by atoms with E-state index in [4.69, 9.17) is 11.2 Å². The maximum atomic E-state index is 9.83. The standard InChI is InChI=1S/C16H27NO2/c1-5-16(3,4)17-10-15(18)12-19-11-14-9-7-6-8-13(14)2/h1,6-7,13-15,17-18H,8-12H2,2-4H3. The smallest absolute Gasteiger partial charge is 0.0898 e. The second-order valence-corrected chi connectivity index (χ2v) is 6.02. The first-order valence-corrected chi connectivity index (χ1v) is 7.08. The molecule has 0 fully saturated rings. The molecule has 0 heterocycles. The Bertz CT molecular complexity index is 330. The molecule has 1 aliphatic rings. The zero-order valence-electron chi connectivity index (χ0n) is 12.4. The molecule has 0 aromatic rings. The Morgan fingerprint density at radius 2 is 2.16 bits per heavy atom. The van der Waals surface area contributed by atoms with Crippen molar-refractivity contribution >= 4 is 0 Å². The Labute approximate surface area is 117 Å². The molecule has 108 valence electrons. The van der Waals surface area contributed by atoms with Crippen molar-refractivity contribution in [2.45, 2.75) is 45.3 Å². The number of nitrogens with one attached hydrogen (secondary N) is 1. The predicted octanol–water partition coefficient (Wildman–Crippen LogP) is 1.97. The molecule has 0 radical (unpaired) electrons. The maximum Gasteiger partial charge on any atom is 0.0898 e. The number of hydrogen-bond acceptors (Lipinski definition) is 3. The molecule has 1 aliphatic carbocycles. The molecule has 19 heavy (non-hydrogen) atoms. The Kier molecular flexibility index (Phi) is 6.57. The van der Waals surface area contributed by atoms with Gasteiger partial charge in [0.2, 0.25) is 0 Å². The van der Waals surface area contributed by atoms with E-state index in [0.717, 1.165) is 19.4 Å². The van der Waals surface area contributed by atoms with Gasteiger partial charge < -0.3 is 9.84 Å². The molecule has 3 nitrogen and oxygen atoms in total. The van der Waals surface area contributed by atoms with Gasteiger partial charge in [-0.2, -0.15) is 0 Å². The summed E-state index contributed by atoms with van der Waals surface area (Å²) in [5, 5.41) is 13.0. The highest BCUT2D eigenvalue weighted by Crippen LogP contribution is 2.24. The third kappa shape index (κ3) is 6.24. The van der Waals surface area contributed by atoms with Gasteiger partial charge in [0.25, 0.3) is 0 Å². The maximum absolute atomic E-state index is 9.83. The highest BCUT2D eigenvalue weighted by molar-refractivity contribution is 5.07. The number of terminal acetylenes is 1. The molecule has 0 spiro atoms. The van der Waals surface area contributed by atoms with Crippen molar-refractivity contribution in [2.24, 2.45) is 11.8 Å². The van der Waals surface area contributed by atoms with Crippen molar-refractivity contribution in [3.63, 3.8) is 0 Å². The third-order valence-electron chi connectivity index (χ3n) is 3.70. The number of β-amino-alcohol motifs (C(OH)–C–C–N with tert-alkyl or cyclic N) is 1. The van der Waals surface area contributed by atoms with Crippen LogP contribution in [0.3, 0.4) is 0 Å². The molecular weight excluding hydrogens is 238 g/mol. The highest BCUT2D eigenvalue weighted by atomic mass is 16.5. The van der Waals surface area contributed by atoms with E-state index < -0.39 is 6.10 Å². The van der Waals surface area contributed by atoms with Crippen molar-refractivity contribution in [3.05, 3.63) is 12.2 Å². The summed E-state index contributed by atoms with van der Waals surface area (Å²) in [4.78, 5) is 0. The summed E-state index contributed by atoms with van der Waals surface area (Å²) in [6.07, 6.45) is 11.5. The number of aliphatic hydroxyl groups excluding tert-OH is 1. The number of ether oxygens (including phenoxy) is 1. The summed E-state index contributed by atoms with van der Waals surface area (Å²) in [6.45, 7) is 7.62. The minimum atomic E-state index is -0.512. The highest BCUT2D eigenvalue weighted by Gasteiger charge is 2.19. The molecule has 3 atom stereocenters. The zero-order valence-corrected chi connectivity index (χ0v) is 12.4. The lowest BCUT2D eigenvalue weighted by atomic mass is 9.85. The summed E-state index contributed by atoms with van der Waals surface area (Å²) in [7, 11) is 0. The molecule has 0 amide bonds. The Balaban J connectivity index is 2.15. The van der Waals surface area contributed by atoms with Gasteiger partial charge in [0.05, 0.1) is 24.9 Å². The van der Waals surface area contributed by atoms with E-state index >= 15 is 0 Å². The van der Waals surface area contributed by atoms with E-state index in [1.807, 2.05) is 13.8 Å². The lowest BCUT2D eigenvalue weighted by Gasteiger charge is -2.26. The van der Waals surface area contributed by atoms with Crippen molar-refractivity contribution < 1.29 is 9.84 Å². The van der Waals surface area contributed by atoms with E-state index in [-0.39, 0.29) is 5.54 Å². The minimum absolute atomic E-state index is 0.362. The average molecular weight is 265 g/mol. The number of allylic oxidation sites excluding steroid dienone is 2. The lowest BCUT2D eigenvalue weighted by molar-refractivity contribution is 0.0114. The number of rotatable bonds is 7. The van der Waals surface area contributed by atoms with Gasteiger partial charge in [-0.15, -0.1) is 6.42 Å². The van der Waals surface area contributed by atoms with Gasteiger partial charge in [0.1, 0.15) is 0 Å². The first-order chi connectivity index (χ1) is 8.94. The topological polar surface area (TPSA) is 41.5 Å². The van der Waals surface area contributed by atoms with Gasteiger partial charge in [-0.1, -0.05) is 25.0 Å². The normalized spacial score (nSPS) is 25.0. The van der Waals surface area contributed by atoms with Gasteiger partial charge in [0.15, 0.2) is 0 Å². The first kappa shape index (κ1) is 16.2. The fraction of sp³-hybridized carbons (Fsp3) is 0.750. The van der Waals surface area contributed by atoms with Crippen LogP contribution in [-0.4, -0.2) is 36.5 Å². The quantitative estimate of drug-likeness (QED) is 0.546. The molecular formula is C16H27NO2. The Hall–Kier alpha value is -0.820. The molecule has 3 heteroatoms. The fourth-order valence-electron chi connectivity index (χ4n) is 2.08. The lowest BCUT2D eigenvalue weighted by Crippen LogP contribution is -2.43. The minimum Gasteiger partial charge on any atom is -0.389 e. The van der Waals surface area contributed by atoms with Crippen LogP contribution in [-0.2, 0) is 4.74 Å². The van der Waals surface area contributed by atoms with E-state index in [1.54, 1.807) is 0 Å². The van der Waals surface area contributed by atoms with E-state index in [0.29, 0.717) is 25.0 Å². The van der Waals surface area contributed by atoms with E-state index in [2.05, 4.69) is 30.3 Å². The molecule has 3 unspecified atom stereocenters. The van der Waals surface area contributed by atoms with Crippen LogP contribution in [0, 0.1) is 24.2 Å². The second kappa shape index (κ2) is 7.69. The van der Waals surface area contributed by atoms with Crippen LogP contribution in [0.4, 0.5) is 0 Å². The Morgan fingerprint density at radius 1 is 1.47 bits per heavy atom. The third-order valence-corrected chi connectivity index (χ3v) is 3.70. The molecule has 0 saturated carbocycles. The summed E-state index contributed by atoms with van der Waals surface area (Å²) < 4.78 is 5.63. The molecule has 1 rings (SSSR count). The second-order valence-electron chi connectivity index (χ2n) is 6.02. The summed E-state index contributed by atoms with van der Waals surface area (Å²) in [5.74, 6) is 3.88. The molecule has 0 bridgehead atoms. The van der Waals surface area contributed by atoms with Crippen LogP contribution in [0.2, 0.25) is 0 Å². The van der Waals surface area contributed by atoms with Gasteiger partial charge >= 0.3 is 0 Å². The van der Waals surface area contributed by atoms with Gasteiger partial charge in [-0.25, -0.2) is 0 Å². The predicted molar refractivity (Wildman–Crippen MR) is 78.8 cm³/mol. The molecule has 0 aliphatic heterocycles. The van der Waals surface area contributed by atoms with Crippen LogP contribution in [0.5, 0.6) is 0 Å². The largest absolute Gasteiger partial charge is 0.389 e. The fourth-order valence-corrected chi connectivity index (χ4v) is 2.08. The monoisotopic (exact) mass is 265 g/mol. The van der Waals surface area contributed by atoms with E-state index in [9.17, 15) is 5.11 Å². The van der Waals surface area contributed by atoms with Crippen molar-refractivity contribution in [3.8, 4) is 12.3 Å². The number of aliphatic hydroxyl groups is 1. The molecule has 2 N–H and O–H groups in total. The van der Waals surface area contributed by atoms with Crippen molar-refractivity contribution in [2.75, 3.05) is 19.8 Å². The van der Waals surface area contributed by atoms with Crippen LogP contribution in [0.25, 0.3) is 0 Å². The number of hydrogen-bond donors (Lipinski definition) is 2. The van der Waals surface area contributed by atoms with E-state index in [1.165, 1.54) is 0 Å². The van der Waals surface area contributed by atoms with Crippen molar-refractivity contribution in [1.29, 1.82) is 0 Å². The Morgan fingerprint density at radius 3 is 2.79 bits per heavy atom. The SMILES string of the molecule is C#CC(C)(C)NCC(O)COCC1CC=CCC1C. The summed E-state index contributed by atoms with van der Waals surface area (Å²) in [5.41, 5.74) is -0.385. The van der Waals surface area contributed by atoms with Gasteiger partial charge in [0, 0.05) is 6.54 Å². The van der Waals surface area contributed by atoms with Crippen molar-refractivity contribution in [1.82, 2.24) is 5.32 Å². The molecule has 0 aromatic carbocycles.